The van der Waals surface area contributed by atoms with Gasteiger partial charge in [-0.05, 0) is 42.5 Å². The molecule has 2 bridgehead atoms. The molecule has 3 saturated carbocycles. The Labute approximate surface area is 115 Å². The van der Waals surface area contributed by atoms with Crippen molar-refractivity contribution in [2.75, 3.05) is 0 Å². The van der Waals surface area contributed by atoms with Crippen LogP contribution in [0.1, 0.15) is 33.6 Å². The second-order valence-electron chi connectivity index (χ2n) is 7.21. The Kier molecular flexibility index (Phi) is 2.30. The zero-order chi connectivity index (χ0) is 13.3. The molecule has 4 atom stereocenters. The van der Waals surface area contributed by atoms with Crippen LogP contribution >= 0.6 is 0 Å². The lowest BCUT2D eigenvalue weighted by Crippen LogP contribution is -2.65. The van der Waals surface area contributed by atoms with E-state index in [9.17, 15) is 0 Å². The molecule has 0 spiro atoms. The largest absolute Gasteiger partial charge is 0.494 e. The molecule has 3 heteroatoms. The second kappa shape index (κ2) is 3.65. The number of hydrogen-bond donors (Lipinski definition) is 0. The van der Waals surface area contributed by atoms with Gasteiger partial charge in [0, 0.05) is 0 Å². The Morgan fingerprint density at radius 3 is 2.53 bits per heavy atom. The molecule has 3 unspecified atom stereocenters. The summed E-state index contributed by atoms with van der Waals surface area (Å²) in [7, 11) is -0.175. The van der Waals surface area contributed by atoms with Gasteiger partial charge >= 0.3 is 7.12 Å². The van der Waals surface area contributed by atoms with Crippen molar-refractivity contribution in [1.82, 2.24) is 0 Å². The summed E-state index contributed by atoms with van der Waals surface area (Å²) in [5.41, 5.74) is 1.46. The Morgan fingerprint density at radius 2 is 1.84 bits per heavy atom. The highest BCUT2D eigenvalue weighted by molar-refractivity contribution is 6.62. The van der Waals surface area contributed by atoms with Crippen LogP contribution in [0.5, 0.6) is 0 Å². The molecule has 3 aliphatic carbocycles. The average molecular weight is 256 g/mol. The van der Waals surface area contributed by atoms with Gasteiger partial charge in [0.25, 0.3) is 0 Å². The van der Waals surface area contributed by atoms with E-state index in [1.165, 1.54) is 6.42 Å². The molecule has 5 rings (SSSR count). The first-order valence-electron chi connectivity index (χ1n) is 7.40. The van der Waals surface area contributed by atoms with Crippen LogP contribution in [-0.4, -0.2) is 18.8 Å². The quantitative estimate of drug-likeness (QED) is 0.719. The van der Waals surface area contributed by atoms with Gasteiger partial charge in [-0.1, -0.05) is 44.2 Å². The van der Waals surface area contributed by atoms with E-state index in [2.05, 4.69) is 45.0 Å². The highest BCUT2D eigenvalue weighted by Crippen LogP contribution is 2.65. The summed E-state index contributed by atoms with van der Waals surface area (Å²) < 4.78 is 12.6. The molecule has 4 fully saturated rings. The van der Waals surface area contributed by atoms with Gasteiger partial charge in [-0.25, -0.2) is 0 Å². The molecule has 1 aromatic carbocycles. The maximum absolute atomic E-state index is 6.40. The van der Waals surface area contributed by atoms with Crippen LogP contribution < -0.4 is 5.46 Å². The molecule has 19 heavy (non-hydrogen) atoms. The van der Waals surface area contributed by atoms with Crippen molar-refractivity contribution in [3.63, 3.8) is 0 Å². The fourth-order valence-corrected chi connectivity index (χ4v) is 4.62. The lowest BCUT2D eigenvalue weighted by atomic mass is 9.43. The van der Waals surface area contributed by atoms with Crippen LogP contribution in [0.2, 0.25) is 0 Å². The van der Waals surface area contributed by atoms with Gasteiger partial charge in [0.15, 0.2) is 0 Å². The Morgan fingerprint density at radius 1 is 1.11 bits per heavy atom. The lowest BCUT2D eigenvalue weighted by Gasteiger charge is -2.64. The van der Waals surface area contributed by atoms with Gasteiger partial charge in [0.05, 0.1) is 11.7 Å². The summed E-state index contributed by atoms with van der Waals surface area (Å²) in [6, 6.07) is 10.3. The molecular weight excluding hydrogens is 235 g/mol. The van der Waals surface area contributed by atoms with Crippen molar-refractivity contribution in [2.45, 2.75) is 45.3 Å². The summed E-state index contributed by atoms with van der Waals surface area (Å²) in [6.45, 7) is 7.06. The minimum absolute atomic E-state index is 0.0985. The third kappa shape index (κ3) is 1.46. The third-order valence-corrected chi connectivity index (χ3v) is 6.02. The molecule has 1 aromatic rings. The minimum atomic E-state index is -0.175. The predicted octanol–water partition coefficient (Wildman–Crippen LogP) is 2.62. The Balaban J connectivity index is 1.64. The third-order valence-electron chi connectivity index (χ3n) is 6.02. The van der Waals surface area contributed by atoms with Gasteiger partial charge in [-0.15, -0.1) is 0 Å². The summed E-state index contributed by atoms with van der Waals surface area (Å²) in [5.74, 6) is 1.45. The first-order valence-corrected chi connectivity index (χ1v) is 7.40. The number of hydrogen-bond acceptors (Lipinski definition) is 2. The normalized spacial score (nSPS) is 42.7. The lowest BCUT2D eigenvalue weighted by molar-refractivity contribution is -0.199. The van der Waals surface area contributed by atoms with Crippen LogP contribution in [0.25, 0.3) is 0 Å². The standard InChI is InChI=1S/C16H21BO2/c1-15(2)11-9-13(15)16(3)14(10-11)18-17(19-16)12-7-5-4-6-8-12/h4-8,11,13-14H,9-10H2,1-3H3/t11?,13?,14?,16-/m0/s1. The maximum Gasteiger partial charge on any atom is 0.494 e. The van der Waals surface area contributed by atoms with E-state index in [1.807, 2.05) is 6.07 Å². The molecule has 4 aliphatic rings. The molecular formula is C16H21BO2. The van der Waals surface area contributed by atoms with E-state index in [1.54, 1.807) is 0 Å². The Bertz CT molecular complexity index is 501. The maximum atomic E-state index is 6.40. The topological polar surface area (TPSA) is 18.5 Å². The smallest absolute Gasteiger partial charge is 0.402 e. The minimum Gasteiger partial charge on any atom is -0.402 e. The van der Waals surface area contributed by atoms with Crippen molar-refractivity contribution >= 4 is 12.6 Å². The summed E-state index contributed by atoms with van der Waals surface area (Å²) >= 11 is 0. The number of rotatable bonds is 1. The van der Waals surface area contributed by atoms with Gasteiger partial charge in [0.2, 0.25) is 0 Å². The summed E-state index contributed by atoms with van der Waals surface area (Å²) in [6.07, 6.45) is 2.74. The van der Waals surface area contributed by atoms with E-state index < -0.39 is 0 Å². The van der Waals surface area contributed by atoms with Gasteiger partial charge in [0.1, 0.15) is 0 Å². The van der Waals surface area contributed by atoms with Crippen molar-refractivity contribution < 1.29 is 9.31 Å². The van der Waals surface area contributed by atoms with Gasteiger partial charge in [-0.3, -0.25) is 0 Å². The first-order chi connectivity index (χ1) is 9.02. The molecule has 0 aromatic heterocycles. The fourth-order valence-electron chi connectivity index (χ4n) is 4.62. The molecule has 2 nitrogen and oxygen atoms in total. The zero-order valence-corrected chi connectivity index (χ0v) is 11.9. The summed E-state index contributed by atoms with van der Waals surface area (Å²) in [4.78, 5) is 0. The van der Waals surface area contributed by atoms with Crippen molar-refractivity contribution in [3.8, 4) is 0 Å². The van der Waals surface area contributed by atoms with Gasteiger partial charge < -0.3 is 9.31 Å². The van der Waals surface area contributed by atoms with E-state index in [0.29, 0.717) is 11.3 Å². The van der Waals surface area contributed by atoms with E-state index in [4.69, 9.17) is 9.31 Å². The summed E-state index contributed by atoms with van der Waals surface area (Å²) in [5, 5.41) is 0. The molecule has 1 aliphatic heterocycles. The molecule has 1 heterocycles. The van der Waals surface area contributed by atoms with E-state index in [0.717, 1.165) is 17.8 Å². The molecule has 0 radical (unpaired) electrons. The van der Waals surface area contributed by atoms with Crippen LogP contribution in [0.4, 0.5) is 0 Å². The van der Waals surface area contributed by atoms with E-state index in [-0.39, 0.29) is 18.8 Å². The number of benzene rings is 1. The molecule has 0 amide bonds. The second-order valence-corrected chi connectivity index (χ2v) is 7.21. The van der Waals surface area contributed by atoms with Gasteiger partial charge in [-0.2, -0.15) is 0 Å². The predicted molar refractivity (Wildman–Crippen MR) is 76.2 cm³/mol. The van der Waals surface area contributed by atoms with Crippen LogP contribution in [0.3, 0.4) is 0 Å². The highest BCUT2D eigenvalue weighted by atomic mass is 16.7. The van der Waals surface area contributed by atoms with Crippen LogP contribution in [-0.2, 0) is 9.31 Å². The van der Waals surface area contributed by atoms with Crippen molar-refractivity contribution in [1.29, 1.82) is 0 Å². The van der Waals surface area contributed by atoms with Crippen molar-refractivity contribution in [3.05, 3.63) is 30.3 Å². The SMILES string of the molecule is CC1(C)C2CC3OB(c4ccccc4)O[C@@]3(C)C1C2. The highest BCUT2D eigenvalue weighted by Gasteiger charge is 2.67. The first kappa shape index (κ1) is 12.0. The molecule has 0 N–H and O–H groups in total. The Hall–Kier alpha value is -0.795. The van der Waals surface area contributed by atoms with Crippen LogP contribution in [0, 0.1) is 17.3 Å². The molecule has 1 saturated heterocycles. The molecule has 100 valence electrons. The van der Waals surface area contributed by atoms with Crippen LogP contribution in [0.15, 0.2) is 30.3 Å². The zero-order valence-electron chi connectivity index (χ0n) is 11.9. The van der Waals surface area contributed by atoms with Crippen molar-refractivity contribution in [2.24, 2.45) is 17.3 Å². The fraction of sp³-hybridized carbons (Fsp3) is 0.625. The monoisotopic (exact) mass is 256 g/mol. The van der Waals surface area contributed by atoms with E-state index >= 15 is 0 Å². The average Bonchev–Trinajstić information content (AvgIpc) is 2.76.